The minimum absolute atomic E-state index is 0.143. The molecule has 46 heavy (non-hydrogen) atoms. The molecule has 248 valence electrons. The van der Waals surface area contributed by atoms with Crippen LogP contribution in [0.4, 0.5) is 5.69 Å². The summed E-state index contributed by atoms with van der Waals surface area (Å²) in [4.78, 5) is 28.3. The number of fused-ring (bicyclic) bond motifs is 4. The van der Waals surface area contributed by atoms with Crippen molar-refractivity contribution >= 4 is 30.8 Å². The van der Waals surface area contributed by atoms with E-state index in [1.165, 1.54) is 32.4 Å². The first-order chi connectivity index (χ1) is 21.9. The first-order valence-corrected chi connectivity index (χ1v) is 20.5. The van der Waals surface area contributed by atoms with Crippen molar-refractivity contribution in [1.29, 1.82) is 0 Å². The van der Waals surface area contributed by atoms with Crippen molar-refractivity contribution in [3.05, 3.63) is 48.3 Å². The van der Waals surface area contributed by atoms with Crippen LogP contribution >= 0.6 is 0 Å². The molecule has 2 aromatic heterocycles. The number of hydrogen-bond acceptors (Lipinski definition) is 6. The number of ether oxygens (including phenoxy) is 1. The molecule has 0 unspecified atom stereocenters. The molecule has 6 rings (SSSR count). The summed E-state index contributed by atoms with van der Waals surface area (Å²) in [5.41, 5.74) is 4.40. The van der Waals surface area contributed by atoms with E-state index in [2.05, 4.69) is 81.9 Å². The van der Waals surface area contributed by atoms with Crippen LogP contribution in [-0.2, 0) is 14.6 Å². The summed E-state index contributed by atoms with van der Waals surface area (Å²) in [6.07, 6.45) is 12.2. The number of rotatable bonds is 9. The third-order valence-electron chi connectivity index (χ3n) is 11.4. The Morgan fingerprint density at radius 3 is 2.30 bits per heavy atom. The van der Waals surface area contributed by atoms with Crippen molar-refractivity contribution in [1.82, 2.24) is 14.9 Å². The Kier molecular flexibility index (Phi) is 9.11. The van der Waals surface area contributed by atoms with Crippen LogP contribution in [0.2, 0.25) is 18.1 Å². The minimum atomic E-state index is -1.96. The molecular weight excluding hydrogens is 589 g/mol. The van der Waals surface area contributed by atoms with E-state index >= 15 is 0 Å². The molecule has 0 radical (unpaired) electrons. The molecule has 2 fully saturated rings. The Hall–Kier alpha value is -2.81. The molecule has 1 aliphatic carbocycles. The zero-order valence-electron chi connectivity index (χ0n) is 29.2. The fourth-order valence-electron chi connectivity index (χ4n) is 7.68. The van der Waals surface area contributed by atoms with Crippen LogP contribution < -0.4 is 9.64 Å². The van der Waals surface area contributed by atoms with Gasteiger partial charge in [0.1, 0.15) is 0 Å². The zero-order chi connectivity index (χ0) is 32.7. The number of piperidine rings is 1. The van der Waals surface area contributed by atoms with Gasteiger partial charge in [0.15, 0.2) is 8.32 Å². The van der Waals surface area contributed by atoms with Gasteiger partial charge in [0.05, 0.1) is 35.0 Å². The van der Waals surface area contributed by atoms with Gasteiger partial charge in [-0.2, -0.15) is 0 Å². The van der Waals surface area contributed by atoms with Crippen molar-refractivity contribution in [3.8, 4) is 17.0 Å². The van der Waals surface area contributed by atoms with Gasteiger partial charge in [-0.15, -0.1) is 0 Å². The summed E-state index contributed by atoms with van der Waals surface area (Å²) in [7, 11) is -1.96. The summed E-state index contributed by atoms with van der Waals surface area (Å²) in [6, 6.07) is 10.5. The van der Waals surface area contributed by atoms with Crippen molar-refractivity contribution in [2.45, 2.75) is 115 Å². The van der Waals surface area contributed by atoms with Crippen molar-refractivity contribution in [2.24, 2.45) is 0 Å². The number of carbonyl (C=O) groups is 1. The molecular formula is C38H54N4O3Si. The maximum atomic E-state index is 14.3. The molecule has 1 saturated heterocycles. The summed E-state index contributed by atoms with van der Waals surface area (Å²) >= 11 is 0. The Morgan fingerprint density at radius 1 is 0.935 bits per heavy atom. The third kappa shape index (κ3) is 6.25. The van der Waals surface area contributed by atoms with Gasteiger partial charge in [-0.25, -0.2) is 4.98 Å². The largest absolute Gasteiger partial charge is 0.478 e. The number of anilines is 1. The molecule has 3 aromatic rings. The van der Waals surface area contributed by atoms with Crippen molar-refractivity contribution in [2.75, 3.05) is 37.7 Å². The topological polar surface area (TPSA) is 67.8 Å². The Labute approximate surface area is 277 Å². The highest BCUT2D eigenvalue weighted by atomic mass is 28.4. The monoisotopic (exact) mass is 642 g/mol. The predicted molar refractivity (Wildman–Crippen MR) is 190 cm³/mol. The summed E-state index contributed by atoms with van der Waals surface area (Å²) in [6.45, 7) is 20.8. The van der Waals surface area contributed by atoms with Gasteiger partial charge in [0.25, 0.3) is 0 Å². The van der Waals surface area contributed by atoms with Crippen LogP contribution in [-0.4, -0.2) is 67.5 Å². The van der Waals surface area contributed by atoms with Gasteiger partial charge < -0.3 is 19.0 Å². The molecule has 1 amide bonds. The van der Waals surface area contributed by atoms with E-state index in [1.54, 1.807) is 0 Å². The average molecular weight is 643 g/mol. The highest BCUT2D eigenvalue weighted by Crippen LogP contribution is 2.55. The molecule has 4 heterocycles. The SMILES string of the molecule is CCN1C(=O)C2(CCC(C)(O[Si](C)(C)C(C)(C)C)CC2)c2c1cnc1ccc(-c3ccc(OCCCN4CCCCC4)nc3)cc21. The fourth-order valence-corrected chi connectivity index (χ4v) is 9.43. The van der Waals surface area contributed by atoms with Crippen LogP contribution in [0.5, 0.6) is 5.88 Å². The van der Waals surface area contributed by atoms with Crippen LogP contribution in [0.25, 0.3) is 22.0 Å². The molecule has 1 aromatic carbocycles. The summed E-state index contributed by atoms with van der Waals surface area (Å²) in [5.74, 6) is 0.890. The van der Waals surface area contributed by atoms with Gasteiger partial charge in [0.2, 0.25) is 11.8 Å². The highest BCUT2D eigenvalue weighted by molar-refractivity contribution is 6.74. The molecule has 3 aliphatic rings. The normalized spacial score (nSPS) is 24.2. The second-order valence-corrected chi connectivity index (χ2v) is 20.4. The quantitative estimate of drug-likeness (QED) is 0.172. The van der Waals surface area contributed by atoms with Crippen LogP contribution in [0.3, 0.4) is 0 Å². The van der Waals surface area contributed by atoms with Crippen LogP contribution in [0.1, 0.15) is 91.5 Å². The van der Waals surface area contributed by atoms with Crippen molar-refractivity contribution < 1.29 is 14.0 Å². The fraction of sp³-hybridized carbons (Fsp3) is 0.605. The lowest BCUT2D eigenvalue weighted by Gasteiger charge is -2.49. The lowest BCUT2D eigenvalue weighted by molar-refractivity contribution is -0.126. The highest BCUT2D eigenvalue weighted by Gasteiger charge is 2.56. The smallest absolute Gasteiger partial charge is 0.237 e. The summed E-state index contributed by atoms with van der Waals surface area (Å²) < 4.78 is 13.0. The first kappa shape index (κ1) is 33.1. The Bertz CT molecular complexity index is 1550. The maximum absolute atomic E-state index is 14.3. The zero-order valence-corrected chi connectivity index (χ0v) is 30.2. The van der Waals surface area contributed by atoms with Gasteiger partial charge in [0, 0.05) is 41.9 Å². The number of hydrogen-bond donors (Lipinski definition) is 0. The van der Waals surface area contributed by atoms with E-state index in [9.17, 15) is 4.79 Å². The average Bonchev–Trinajstić information content (AvgIpc) is 3.27. The number of aromatic nitrogens is 2. The van der Waals surface area contributed by atoms with E-state index in [0.717, 1.165) is 71.9 Å². The van der Waals surface area contributed by atoms with E-state index in [0.29, 0.717) is 19.0 Å². The number of carbonyl (C=O) groups excluding carboxylic acids is 1. The number of benzene rings is 1. The van der Waals surface area contributed by atoms with E-state index in [4.69, 9.17) is 14.1 Å². The number of amides is 1. The standard InChI is InChI=1S/C38H54N4O3Si/c1-8-42-32-27-39-31-15-13-28(29-14-16-33(40-26-29)44-24-12-23-41-21-10-9-11-22-41)25-30(31)34(32)38(35(42)43)19-17-37(5,18-20-38)45-46(6,7)36(2,3)4/h13-16,25-27H,8-12,17-24H2,1-7H3. The van der Waals surface area contributed by atoms with Gasteiger partial charge in [-0.1, -0.05) is 33.3 Å². The molecule has 2 aliphatic heterocycles. The number of likely N-dealkylation sites (tertiary alicyclic amines) is 1. The van der Waals surface area contributed by atoms with Gasteiger partial charge >= 0.3 is 0 Å². The molecule has 0 atom stereocenters. The predicted octanol–water partition coefficient (Wildman–Crippen LogP) is 8.51. The molecule has 7 nitrogen and oxygen atoms in total. The summed E-state index contributed by atoms with van der Waals surface area (Å²) in [5, 5.41) is 1.22. The Morgan fingerprint density at radius 2 is 1.65 bits per heavy atom. The van der Waals surface area contributed by atoms with E-state index in [1.807, 2.05) is 23.4 Å². The van der Waals surface area contributed by atoms with E-state index in [-0.39, 0.29) is 16.5 Å². The lowest BCUT2D eigenvalue weighted by atomic mass is 9.65. The Balaban J connectivity index is 1.24. The molecule has 0 bridgehead atoms. The molecule has 1 saturated carbocycles. The molecule has 0 N–H and O–H groups in total. The van der Waals surface area contributed by atoms with Gasteiger partial charge in [-0.3, -0.25) is 9.78 Å². The van der Waals surface area contributed by atoms with Crippen LogP contribution in [0, 0.1) is 0 Å². The maximum Gasteiger partial charge on any atom is 0.237 e. The number of nitrogens with zero attached hydrogens (tertiary/aromatic N) is 4. The lowest BCUT2D eigenvalue weighted by Crippen LogP contribution is -2.53. The molecule has 1 spiro atoms. The number of pyridine rings is 2. The van der Waals surface area contributed by atoms with Gasteiger partial charge in [-0.05, 0) is 114 Å². The second-order valence-electron chi connectivity index (χ2n) is 15.7. The first-order valence-electron chi connectivity index (χ1n) is 17.6. The van der Waals surface area contributed by atoms with Crippen LogP contribution in [0.15, 0.2) is 42.7 Å². The molecule has 8 heteroatoms. The third-order valence-corrected chi connectivity index (χ3v) is 16.1. The minimum Gasteiger partial charge on any atom is -0.478 e. The second kappa shape index (κ2) is 12.7. The van der Waals surface area contributed by atoms with Crippen molar-refractivity contribution in [3.63, 3.8) is 0 Å². The number of likely N-dealkylation sites (N-methyl/N-ethyl adjacent to an activating group) is 1. The van der Waals surface area contributed by atoms with E-state index < -0.39 is 13.7 Å².